The largest absolute Gasteiger partial charge is 0.514 e. The van der Waals surface area contributed by atoms with Crippen LogP contribution in [0.3, 0.4) is 0 Å². The lowest BCUT2D eigenvalue weighted by atomic mass is 9.94. The van der Waals surface area contributed by atoms with Gasteiger partial charge in [-0.25, -0.2) is 9.59 Å². The average Bonchev–Trinajstić information content (AvgIpc) is 3.61. The van der Waals surface area contributed by atoms with Crippen LogP contribution in [0.5, 0.6) is 17.2 Å². The SMILES string of the molecule is COC(=O)CC/C(C)=C/Cc1c(OC)c(C)c2c(c1OC(=O)OCc1cc(C)c(OC(=O)CCCCCCC(C)CC(=O)OC(COC(C)=O)COC(C)=O)c(C)c1)C(=O)OC2. The monoisotopic (exact) mass is 868 g/mol. The second-order valence-electron chi connectivity index (χ2n) is 15.4. The van der Waals surface area contributed by atoms with Gasteiger partial charge in [-0.2, -0.15) is 0 Å². The van der Waals surface area contributed by atoms with E-state index >= 15 is 0 Å². The van der Waals surface area contributed by atoms with E-state index in [2.05, 4.69) is 0 Å². The third-order valence-electron chi connectivity index (χ3n) is 10.1. The van der Waals surface area contributed by atoms with Gasteiger partial charge < -0.3 is 42.6 Å². The maximum absolute atomic E-state index is 13.2. The summed E-state index contributed by atoms with van der Waals surface area (Å²) in [7, 11) is 2.81. The fraction of sp³-hybridized carbons (Fsp3) is 0.543. The van der Waals surface area contributed by atoms with Crippen LogP contribution in [0.25, 0.3) is 0 Å². The number of benzene rings is 2. The maximum atomic E-state index is 13.2. The van der Waals surface area contributed by atoms with Crippen molar-refractivity contribution >= 4 is 42.0 Å². The number of aryl methyl sites for hydroxylation is 2. The van der Waals surface area contributed by atoms with Gasteiger partial charge in [-0.05, 0) is 87.3 Å². The van der Waals surface area contributed by atoms with Crippen molar-refractivity contribution < 1.29 is 76.2 Å². The third-order valence-corrected chi connectivity index (χ3v) is 10.1. The normalized spacial score (nSPS) is 12.5. The first-order valence-corrected chi connectivity index (χ1v) is 20.7. The lowest BCUT2D eigenvalue weighted by Gasteiger charge is -2.19. The third kappa shape index (κ3) is 16.2. The number of hydrogen-bond acceptors (Lipinski definition) is 16. The number of methoxy groups -OCH3 is 2. The van der Waals surface area contributed by atoms with E-state index in [0.717, 1.165) is 31.3 Å². The summed E-state index contributed by atoms with van der Waals surface area (Å²) in [5.41, 5.74) is 4.65. The van der Waals surface area contributed by atoms with Crippen LogP contribution in [0.2, 0.25) is 0 Å². The van der Waals surface area contributed by atoms with Crippen LogP contribution >= 0.6 is 0 Å². The number of carbonyl (C=O) groups excluding carboxylic acids is 7. The summed E-state index contributed by atoms with van der Waals surface area (Å²) in [5.74, 6) is -2.03. The molecule has 0 saturated carbocycles. The van der Waals surface area contributed by atoms with Crippen LogP contribution in [0, 0.1) is 26.7 Å². The molecule has 0 amide bonds. The molecule has 3 rings (SSSR count). The topological polar surface area (TPSA) is 203 Å². The maximum Gasteiger partial charge on any atom is 0.514 e. The summed E-state index contributed by atoms with van der Waals surface area (Å²) < 4.78 is 47.9. The lowest BCUT2D eigenvalue weighted by Crippen LogP contribution is -2.30. The van der Waals surface area contributed by atoms with Gasteiger partial charge in [0.1, 0.15) is 43.5 Å². The number of carbonyl (C=O) groups is 7. The predicted molar refractivity (Wildman–Crippen MR) is 223 cm³/mol. The summed E-state index contributed by atoms with van der Waals surface area (Å²) >= 11 is 0. The van der Waals surface area contributed by atoms with Crippen LogP contribution in [-0.2, 0) is 72.0 Å². The quantitative estimate of drug-likeness (QED) is 0.0247. The Morgan fingerprint density at radius 3 is 2.02 bits per heavy atom. The molecule has 1 heterocycles. The zero-order chi connectivity index (χ0) is 45.9. The number of cyclic esters (lactones) is 1. The van der Waals surface area contributed by atoms with E-state index in [1.807, 2.05) is 19.9 Å². The van der Waals surface area contributed by atoms with E-state index in [1.54, 1.807) is 32.9 Å². The smallest absolute Gasteiger partial charge is 0.496 e. The molecule has 16 heteroatoms. The summed E-state index contributed by atoms with van der Waals surface area (Å²) in [5, 5.41) is 0. The van der Waals surface area contributed by atoms with Gasteiger partial charge in [0.25, 0.3) is 0 Å². The van der Waals surface area contributed by atoms with Crippen LogP contribution in [0.15, 0.2) is 23.8 Å². The molecule has 62 heavy (non-hydrogen) atoms. The zero-order valence-electron chi connectivity index (χ0n) is 37.3. The number of rotatable bonds is 24. The molecule has 1 atom stereocenters. The van der Waals surface area contributed by atoms with E-state index < -0.39 is 36.1 Å². The van der Waals surface area contributed by atoms with Crippen LogP contribution in [0.4, 0.5) is 4.79 Å². The molecule has 0 fully saturated rings. The van der Waals surface area contributed by atoms with Gasteiger partial charge in [0, 0.05) is 44.2 Å². The highest BCUT2D eigenvalue weighted by Gasteiger charge is 2.34. The summed E-state index contributed by atoms with van der Waals surface area (Å²) in [6, 6.07) is 3.49. The van der Waals surface area contributed by atoms with Crippen molar-refractivity contribution in [1.82, 2.24) is 0 Å². The zero-order valence-corrected chi connectivity index (χ0v) is 37.3. The van der Waals surface area contributed by atoms with Crippen LogP contribution in [-0.4, -0.2) is 75.5 Å². The summed E-state index contributed by atoms with van der Waals surface area (Å²) in [4.78, 5) is 85.3. The van der Waals surface area contributed by atoms with Crippen molar-refractivity contribution in [3.8, 4) is 17.2 Å². The van der Waals surface area contributed by atoms with Gasteiger partial charge >= 0.3 is 42.0 Å². The minimum atomic E-state index is -1.05. The van der Waals surface area contributed by atoms with E-state index in [4.69, 9.17) is 42.6 Å². The lowest BCUT2D eigenvalue weighted by molar-refractivity contribution is -0.166. The molecule has 2 aromatic rings. The van der Waals surface area contributed by atoms with Gasteiger partial charge in [-0.3, -0.25) is 24.0 Å². The minimum absolute atomic E-state index is 0.000651. The fourth-order valence-electron chi connectivity index (χ4n) is 6.88. The number of hydrogen-bond donors (Lipinski definition) is 0. The highest BCUT2D eigenvalue weighted by molar-refractivity contribution is 5.99. The number of allylic oxidation sites excluding steroid dienone is 2. The predicted octanol–water partition coefficient (Wildman–Crippen LogP) is 7.76. The first-order chi connectivity index (χ1) is 29.4. The molecule has 0 radical (unpaired) electrons. The second-order valence-corrected chi connectivity index (χ2v) is 15.4. The Kier molecular flexibility index (Phi) is 20.4. The highest BCUT2D eigenvalue weighted by atomic mass is 16.7. The fourth-order valence-corrected chi connectivity index (χ4v) is 6.88. The minimum Gasteiger partial charge on any atom is -0.496 e. The molecule has 0 aromatic heterocycles. The van der Waals surface area contributed by atoms with Crippen LogP contribution < -0.4 is 14.2 Å². The Morgan fingerprint density at radius 2 is 1.40 bits per heavy atom. The molecule has 340 valence electrons. The van der Waals surface area contributed by atoms with E-state index in [0.29, 0.717) is 57.7 Å². The van der Waals surface area contributed by atoms with Crippen molar-refractivity contribution in [3.63, 3.8) is 0 Å². The Hall–Kier alpha value is -5.93. The Bertz CT molecular complexity index is 1940. The number of esters is 6. The molecule has 0 bridgehead atoms. The van der Waals surface area contributed by atoms with Crippen molar-refractivity contribution in [2.24, 2.45) is 5.92 Å². The number of unbranched alkanes of at least 4 members (excludes halogenated alkanes) is 3. The highest BCUT2D eigenvalue weighted by Crippen LogP contribution is 2.43. The molecular formula is C46H60O16. The Balaban J connectivity index is 1.50. The van der Waals surface area contributed by atoms with Crippen molar-refractivity contribution in [2.75, 3.05) is 27.4 Å². The van der Waals surface area contributed by atoms with Crippen LogP contribution in [0.1, 0.15) is 129 Å². The molecule has 0 saturated heterocycles. The molecule has 1 unspecified atom stereocenters. The first kappa shape index (κ1) is 50.4. The molecular weight excluding hydrogens is 808 g/mol. The standard InChI is InChI=1S/C46H60O16/c1-27(17-19-38(49)54-8)16-18-36-43(55-9)31(5)37-26-58-45(52)41(37)44(36)62-46(53)59-23-34-21-29(3)42(30(4)22-34)61-39(50)15-13-11-10-12-14-28(2)20-40(51)60-35(24-56-32(6)47)25-57-33(7)48/h16,21-22,28,35H,10-15,17-20,23-26H2,1-9H3/b27-16+. The van der Waals surface area contributed by atoms with Crippen molar-refractivity contribution in [1.29, 1.82) is 0 Å². The van der Waals surface area contributed by atoms with Gasteiger partial charge in [0.05, 0.1) is 14.2 Å². The van der Waals surface area contributed by atoms with Gasteiger partial charge in [-0.15, -0.1) is 0 Å². The molecule has 0 spiro atoms. The van der Waals surface area contributed by atoms with E-state index in [1.165, 1.54) is 28.1 Å². The summed E-state index contributed by atoms with van der Waals surface area (Å²) in [6.07, 6.45) is 5.05. The molecule has 2 aromatic carbocycles. The van der Waals surface area contributed by atoms with Gasteiger partial charge in [-0.1, -0.05) is 44.3 Å². The summed E-state index contributed by atoms with van der Waals surface area (Å²) in [6.45, 7) is 11.0. The average molecular weight is 869 g/mol. The molecule has 1 aliphatic rings. The molecule has 0 aliphatic carbocycles. The van der Waals surface area contributed by atoms with Gasteiger partial charge in [0.15, 0.2) is 11.9 Å². The number of ether oxygens (including phenoxy) is 9. The molecule has 1 aliphatic heterocycles. The Labute approximate surface area is 362 Å². The van der Waals surface area contributed by atoms with E-state index in [9.17, 15) is 33.6 Å². The number of fused-ring (bicyclic) bond motifs is 1. The first-order valence-electron chi connectivity index (χ1n) is 20.7. The van der Waals surface area contributed by atoms with E-state index in [-0.39, 0.29) is 81.3 Å². The molecule has 16 nitrogen and oxygen atoms in total. The Morgan fingerprint density at radius 1 is 0.758 bits per heavy atom. The van der Waals surface area contributed by atoms with Crippen molar-refractivity contribution in [3.05, 3.63) is 62.7 Å². The second kappa shape index (κ2) is 25.1. The van der Waals surface area contributed by atoms with Crippen molar-refractivity contribution in [2.45, 2.75) is 132 Å². The molecule has 0 N–H and O–H groups in total. The van der Waals surface area contributed by atoms with Gasteiger partial charge in [0.2, 0.25) is 0 Å².